The number of nitrogens with zero attached hydrogens (tertiary/aromatic N) is 6. The van der Waals surface area contributed by atoms with Crippen molar-refractivity contribution in [3.8, 4) is 40.1 Å². The molecule has 4 heterocycles. The fourth-order valence-corrected chi connectivity index (χ4v) is 6.79. The number of aromatic nitrogens is 5. The molecular formula is C42H34N6O. The summed E-state index contributed by atoms with van der Waals surface area (Å²) in [5.74, 6) is 3.99. The zero-order valence-corrected chi connectivity index (χ0v) is 27.6. The molecule has 0 saturated heterocycles. The first-order chi connectivity index (χ1) is 23.9. The van der Waals surface area contributed by atoms with Crippen molar-refractivity contribution >= 4 is 33.2 Å². The van der Waals surface area contributed by atoms with Crippen LogP contribution in [0.4, 0.5) is 11.4 Å². The minimum Gasteiger partial charge on any atom is -0.457 e. The fourth-order valence-electron chi connectivity index (χ4n) is 6.79. The number of ether oxygens (including phenoxy) is 1. The van der Waals surface area contributed by atoms with Gasteiger partial charge in [-0.25, -0.2) is 14.6 Å². The maximum atomic E-state index is 6.76. The second-order valence-electron chi connectivity index (χ2n) is 13.5. The molecule has 8 aromatic rings. The quantitative estimate of drug-likeness (QED) is 0.188. The monoisotopic (exact) mass is 638 g/mol. The lowest BCUT2D eigenvalue weighted by Crippen LogP contribution is -2.27. The first-order valence-corrected chi connectivity index (χ1v) is 16.6. The number of fused-ring (bicyclic) bond motifs is 6. The van der Waals surface area contributed by atoms with Gasteiger partial charge in [0.1, 0.15) is 24.0 Å². The molecule has 5 aromatic carbocycles. The van der Waals surface area contributed by atoms with Gasteiger partial charge in [-0.1, -0.05) is 87.5 Å². The number of pyridine rings is 1. The van der Waals surface area contributed by atoms with Gasteiger partial charge in [0.05, 0.1) is 16.7 Å². The Morgan fingerprint density at radius 2 is 1.45 bits per heavy atom. The lowest BCUT2D eigenvalue weighted by Gasteiger charge is -2.32. The SMILES string of the molecule is CC(C)(C)c1cc(Oc2ccc3c4ccccc4n(-c4ccccn4)c3c2)cc(N2Cn3nc(-c4ccccc4)nc3-c3ccccc32)c1. The highest BCUT2D eigenvalue weighted by atomic mass is 16.5. The van der Waals surface area contributed by atoms with Gasteiger partial charge < -0.3 is 9.64 Å². The molecule has 0 amide bonds. The summed E-state index contributed by atoms with van der Waals surface area (Å²) in [4.78, 5) is 12.0. The van der Waals surface area contributed by atoms with Crippen LogP contribution in [-0.2, 0) is 12.1 Å². The number of hydrogen-bond donors (Lipinski definition) is 0. The van der Waals surface area contributed by atoms with Crippen molar-refractivity contribution in [2.24, 2.45) is 0 Å². The Balaban J connectivity index is 1.14. The minimum absolute atomic E-state index is 0.113. The van der Waals surface area contributed by atoms with Crippen molar-refractivity contribution in [3.05, 3.63) is 145 Å². The molecule has 0 N–H and O–H groups in total. The third kappa shape index (κ3) is 5.02. The zero-order chi connectivity index (χ0) is 33.1. The maximum absolute atomic E-state index is 6.76. The largest absolute Gasteiger partial charge is 0.457 e. The highest BCUT2D eigenvalue weighted by Gasteiger charge is 2.28. The van der Waals surface area contributed by atoms with Crippen LogP contribution in [0.1, 0.15) is 26.3 Å². The summed E-state index contributed by atoms with van der Waals surface area (Å²) < 4.78 is 11.0. The van der Waals surface area contributed by atoms with Crippen LogP contribution in [0.15, 0.2) is 140 Å². The van der Waals surface area contributed by atoms with Crippen molar-refractivity contribution in [2.75, 3.05) is 4.90 Å². The van der Waals surface area contributed by atoms with Gasteiger partial charge in [-0.05, 0) is 65.6 Å². The van der Waals surface area contributed by atoms with E-state index in [1.807, 2.05) is 47.3 Å². The average molecular weight is 639 g/mol. The highest BCUT2D eigenvalue weighted by Crippen LogP contribution is 2.43. The Bertz CT molecular complexity index is 2490. The molecule has 0 radical (unpaired) electrons. The van der Waals surface area contributed by atoms with Crippen LogP contribution in [-0.4, -0.2) is 24.3 Å². The molecule has 0 atom stereocenters. The Kier molecular flexibility index (Phi) is 6.62. The molecule has 1 aliphatic heterocycles. The molecule has 0 bridgehead atoms. The van der Waals surface area contributed by atoms with Crippen molar-refractivity contribution in [2.45, 2.75) is 32.9 Å². The second kappa shape index (κ2) is 11.2. The number of anilines is 2. The van der Waals surface area contributed by atoms with E-state index in [4.69, 9.17) is 19.8 Å². The predicted octanol–water partition coefficient (Wildman–Crippen LogP) is 10.3. The summed E-state index contributed by atoms with van der Waals surface area (Å²) in [6.07, 6.45) is 1.83. The molecule has 7 heteroatoms. The number of benzene rings is 5. The molecule has 49 heavy (non-hydrogen) atoms. The van der Waals surface area contributed by atoms with E-state index in [-0.39, 0.29) is 5.41 Å². The first kappa shape index (κ1) is 29.0. The van der Waals surface area contributed by atoms with Crippen LogP contribution in [0.25, 0.3) is 50.4 Å². The topological polar surface area (TPSA) is 61.0 Å². The smallest absolute Gasteiger partial charge is 0.181 e. The summed E-state index contributed by atoms with van der Waals surface area (Å²) >= 11 is 0. The summed E-state index contributed by atoms with van der Waals surface area (Å²) in [7, 11) is 0. The Labute approximate surface area is 284 Å². The summed E-state index contributed by atoms with van der Waals surface area (Å²) in [5.41, 5.74) is 7.37. The minimum atomic E-state index is -0.113. The molecule has 3 aromatic heterocycles. The molecule has 1 aliphatic rings. The molecule has 0 saturated carbocycles. The second-order valence-corrected chi connectivity index (χ2v) is 13.5. The molecular weight excluding hydrogens is 605 g/mol. The van der Waals surface area contributed by atoms with Crippen molar-refractivity contribution in [1.29, 1.82) is 0 Å². The van der Waals surface area contributed by atoms with E-state index in [0.717, 1.165) is 67.9 Å². The van der Waals surface area contributed by atoms with E-state index in [0.29, 0.717) is 6.67 Å². The Hall–Kier alpha value is -6.21. The van der Waals surface area contributed by atoms with Gasteiger partial charge in [0.25, 0.3) is 0 Å². The molecule has 0 spiro atoms. The van der Waals surface area contributed by atoms with Crippen molar-refractivity contribution in [3.63, 3.8) is 0 Å². The van der Waals surface area contributed by atoms with Crippen LogP contribution in [0, 0.1) is 0 Å². The van der Waals surface area contributed by atoms with Gasteiger partial charge in [-0.15, -0.1) is 5.10 Å². The molecule has 238 valence electrons. The third-order valence-corrected chi connectivity index (χ3v) is 9.24. The number of rotatable bonds is 5. The summed E-state index contributed by atoms with van der Waals surface area (Å²) in [6, 6.07) is 45.9. The Morgan fingerprint density at radius 1 is 0.673 bits per heavy atom. The number of hydrogen-bond acceptors (Lipinski definition) is 5. The van der Waals surface area contributed by atoms with Gasteiger partial charge in [0.15, 0.2) is 11.6 Å². The lowest BCUT2D eigenvalue weighted by atomic mass is 9.86. The van der Waals surface area contributed by atoms with Crippen LogP contribution in [0.2, 0.25) is 0 Å². The molecule has 0 fully saturated rings. The van der Waals surface area contributed by atoms with Gasteiger partial charge >= 0.3 is 0 Å². The predicted molar refractivity (Wildman–Crippen MR) is 197 cm³/mol. The van der Waals surface area contributed by atoms with Gasteiger partial charge in [0.2, 0.25) is 0 Å². The molecule has 9 rings (SSSR count). The zero-order valence-electron chi connectivity index (χ0n) is 27.6. The standard InChI is InChI=1S/C42H34N6O/c1-42(2,3)29-23-30(46-27-47-41(35-16-8-9-17-36(35)46)44-40(45-47)28-13-5-4-6-14-28)25-32(24-29)49-31-20-21-34-33-15-7-10-18-37(33)48(38(34)26-31)39-19-11-12-22-43-39/h4-26H,27H2,1-3H3. The van der Waals surface area contributed by atoms with Gasteiger partial charge in [0, 0.05) is 45.9 Å². The van der Waals surface area contributed by atoms with E-state index in [9.17, 15) is 0 Å². The molecule has 0 unspecified atom stereocenters. The fraction of sp³-hybridized carbons (Fsp3) is 0.119. The summed E-state index contributed by atoms with van der Waals surface area (Å²) in [5, 5.41) is 7.30. The van der Waals surface area contributed by atoms with E-state index >= 15 is 0 Å². The average Bonchev–Trinajstić information content (AvgIpc) is 3.71. The number of para-hydroxylation sites is 2. The van der Waals surface area contributed by atoms with Crippen LogP contribution in [0.3, 0.4) is 0 Å². The highest BCUT2D eigenvalue weighted by molar-refractivity contribution is 6.09. The maximum Gasteiger partial charge on any atom is 0.181 e. The third-order valence-electron chi connectivity index (χ3n) is 9.24. The van der Waals surface area contributed by atoms with E-state index in [2.05, 4.69) is 127 Å². The van der Waals surface area contributed by atoms with Crippen LogP contribution in [0.5, 0.6) is 11.5 Å². The lowest BCUT2D eigenvalue weighted by molar-refractivity contribution is 0.479. The van der Waals surface area contributed by atoms with Crippen molar-refractivity contribution < 1.29 is 4.74 Å². The van der Waals surface area contributed by atoms with Crippen LogP contribution >= 0.6 is 0 Å². The van der Waals surface area contributed by atoms with Crippen LogP contribution < -0.4 is 9.64 Å². The summed E-state index contributed by atoms with van der Waals surface area (Å²) in [6.45, 7) is 7.23. The van der Waals surface area contributed by atoms with Gasteiger partial charge in [-0.2, -0.15) is 0 Å². The van der Waals surface area contributed by atoms with Gasteiger partial charge in [-0.3, -0.25) is 4.57 Å². The Morgan fingerprint density at radius 3 is 2.29 bits per heavy atom. The normalized spacial score (nSPS) is 12.7. The van der Waals surface area contributed by atoms with E-state index in [1.165, 1.54) is 10.9 Å². The van der Waals surface area contributed by atoms with E-state index in [1.54, 1.807) is 0 Å². The van der Waals surface area contributed by atoms with Crippen molar-refractivity contribution in [1.82, 2.24) is 24.3 Å². The first-order valence-electron chi connectivity index (χ1n) is 16.6. The van der Waals surface area contributed by atoms with E-state index < -0.39 is 0 Å². The molecule has 7 nitrogen and oxygen atoms in total. The molecule has 0 aliphatic carbocycles.